The number of carboxylic acid groups (broad SMARTS) is 1. The minimum atomic E-state index is -0.801. The van der Waals surface area contributed by atoms with Crippen molar-refractivity contribution >= 4 is 11.9 Å². The van der Waals surface area contributed by atoms with E-state index in [4.69, 9.17) is 0 Å². The van der Waals surface area contributed by atoms with Gasteiger partial charge in [-0.15, -0.1) is 0 Å². The molecule has 2 aliphatic carbocycles. The van der Waals surface area contributed by atoms with Crippen molar-refractivity contribution in [1.82, 2.24) is 5.32 Å². The predicted molar refractivity (Wildman–Crippen MR) is 72.7 cm³/mol. The Balaban J connectivity index is 1.93. The number of carbonyl (C=O) groups is 2. The van der Waals surface area contributed by atoms with E-state index >= 15 is 0 Å². The molecule has 2 N–H and O–H groups in total. The molecule has 2 rings (SSSR count). The van der Waals surface area contributed by atoms with Crippen LogP contribution in [0.3, 0.4) is 0 Å². The van der Waals surface area contributed by atoms with E-state index in [1.54, 1.807) is 0 Å². The summed E-state index contributed by atoms with van der Waals surface area (Å²) in [6.45, 7) is 2.16. The first-order valence-corrected chi connectivity index (χ1v) is 7.56. The molecule has 4 nitrogen and oxygen atoms in total. The molecule has 2 unspecified atom stereocenters. The number of carbonyl (C=O) groups excluding carboxylic acids is 1. The Hall–Kier alpha value is -1.06. The third-order valence-corrected chi connectivity index (χ3v) is 4.97. The van der Waals surface area contributed by atoms with Gasteiger partial charge in [0.2, 0.25) is 5.91 Å². The van der Waals surface area contributed by atoms with Gasteiger partial charge in [-0.3, -0.25) is 9.59 Å². The first-order valence-electron chi connectivity index (χ1n) is 7.56. The fraction of sp³-hybridized carbons (Fsp3) is 0.867. The van der Waals surface area contributed by atoms with Crippen LogP contribution in [-0.4, -0.2) is 23.0 Å². The highest BCUT2D eigenvalue weighted by Gasteiger charge is 2.41. The molecule has 1 amide bonds. The third-order valence-electron chi connectivity index (χ3n) is 4.97. The molecule has 0 saturated heterocycles. The summed E-state index contributed by atoms with van der Waals surface area (Å²) >= 11 is 0. The molecular weight excluding hydrogens is 242 g/mol. The normalized spacial score (nSPS) is 29.9. The second-order valence-corrected chi connectivity index (χ2v) is 6.41. The molecule has 0 spiro atoms. The first kappa shape index (κ1) is 14.4. The van der Waals surface area contributed by atoms with E-state index in [-0.39, 0.29) is 18.4 Å². The Labute approximate surface area is 115 Å². The van der Waals surface area contributed by atoms with E-state index in [9.17, 15) is 14.7 Å². The van der Waals surface area contributed by atoms with Gasteiger partial charge in [0.25, 0.3) is 0 Å². The van der Waals surface area contributed by atoms with Gasteiger partial charge in [-0.2, -0.15) is 0 Å². The minimum Gasteiger partial charge on any atom is -0.481 e. The molecular formula is C15H25NO3. The molecule has 0 aromatic heterocycles. The lowest BCUT2D eigenvalue weighted by molar-refractivity contribution is -0.154. The molecule has 0 aliphatic heterocycles. The third kappa shape index (κ3) is 3.28. The van der Waals surface area contributed by atoms with Gasteiger partial charge in [0.15, 0.2) is 0 Å². The number of aliphatic carboxylic acids is 1. The van der Waals surface area contributed by atoms with Gasteiger partial charge >= 0.3 is 5.97 Å². The van der Waals surface area contributed by atoms with Gasteiger partial charge in [-0.25, -0.2) is 0 Å². The van der Waals surface area contributed by atoms with Crippen LogP contribution in [0.1, 0.15) is 64.7 Å². The highest BCUT2D eigenvalue weighted by Crippen LogP contribution is 2.39. The van der Waals surface area contributed by atoms with Crippen molar-refractivity contribution in [3.63, 3.8) is 0 Å². The molecule has 4 heteroatoms. The van der Waals surface area contributed by atoms with Gasteiger partial charge in [0, 0.05) is 12.5 Å². The average Bonchev–Trinajstić information content (AvgIpc) is 2.76. The van der Waals surface area contributed by atoms with E-state index in [2.05, 4.69) is 12.2 Å². The number of hydrogen-bond acceptors (Lipinski definition) is 2. The molecule has 0 bridgehead atoms. The second-order valence-electron chi connectivity index (χ2n) is 6.41. The Morgan fingerprint density at radius 3 is 2.37 bits per heavy atom. The Morgan fingerprint density at radius 2 is 1.84 bits per heavy atom. The lowest BCUT2D eigenvalue weighted by Gasteiger charge is -2.33. The summed E-state index contributed by atoms with van der Waals surface area (Å²) < 4.78 is 0. The maximum absolute atomic E-state index is 12.1. The molecule has 2 saturated carbocycles. The molecule has 2 fully saturated rings. The molecule has 2 aliphatic rings. The number of carboxylic acids is 1. The van der Waals surface area contributed by atoms with Crippen LogP contribution < -0.4 is 5.32 Å². The largest absolute Gasteiger partial charge is 0.481 e. The van der Waals surface area contributed by atoms with Crippen LogP contribution in [0.2, 0.25) is 0 Å². The summed E-state index contributed by atoms with van der Waals surface area (Å²) in [5.74, 6) is -0.332. The summed E-state index contributed by atoms with van der Waals surface area (Å²) in [4.78, 5) is 23.7. The van der Waals surface area contributed by atoms with Gasteiger partial charge in [-0.1, -0.05) is 32.6 Å². The summed E-state index contributed by atoms with van der Waals surface area (Å²) in [6.07, 6.45) is 7.77. The number of nitrogens with one attached hydrogen (secondary N) is 1. The zero-order chi connectivity index (χ0) is 13.9. The maximum Gasteiger partial charge on any atom is 0.310 e. The van der Waals surface area contributed by atoms with Crippen LogP contribution in [0, 0.1) is 11.3 Å². The Kier molecular flexibility index (Phi) is 4.48. The fourth-order valence-corrected chi connectivity index (χ4v) is 3.62. The van der Waals surface area contributed by atoms with Crippen molar-refractivity contribution < 1.29 is 14.7 Å². The topological polar surface area (TPSA) is 66.4 Å². The molecule has 19 heavy (non-hydrogen) atoms. The summed E-state index contributed by atoms with van der Waals surface area (Å²) in [7, 11) is 0. The van der Waals surface area contributed by atoms with Crippen molar-refractivity contribution in [2.45, 2.75) is 70.8 Å². The molecule has 2 atom stereocenters. The van der Waals surface area contributed by atoms with Gasteiger partial charge in [0.05, 0.1) is 5.41 Å². The van der Waals surface area contributed by atoms with Crippen LogP contribution in [0.5, 0.6) is 0 Å². The lowest BCUT2D eigenvalue weighted by atomic mass is 9.71. The van der Waals surface area contributed by atoms with E-state index in [1.165, 1.54) is 0 Å². The van der Waals surface area contributed by atoms with Crippen molar-refractivity contribution in [3.05, 3.63) is 0 Å². The minimum absolute atomic E-state index is 0.0666. The van der Waals surface area contributed by atoms with Gasteiger partial charge < -0.3 is 10.4 Å². The van der Waals surface area contributed by atoms with Gasteiger partial charge in [0.1, 0.15) is 0 Å². The zero-order valence-electron chi connectivity index (χ0n) is 11.8. The van der Waals surface area contributed by atoms with E-state index < -0.39 is 11.4 Å². The highest BCUT2D eigenvalue weighted by atomic mass is 16.4. The maximum atomic E-state index is 12.1. The van der Waals surface area contributed by atoms with Gasteiger partial charge in [-0.05, 0) is 31.6 Å². The average molecular weight is 267 g/mol. The highest BCUT2D eigenvalue weighted by molar-refractivity contribution is 5.85. The van der Waals surface area contributed by atoms with Crippen LogP contribution in [0.4, 0.5) is 0 Å². The number of rotatable bonds is 4. The Bertz CT molecular complexity index is 347. The van der Waals surface area contributed by atoms with Crippen LogP contribution in [0.25, 0.3) is 0 Å². The fourth-order valence-electron chi connectivity index (χ4n) is 3.62. The lowest BCUT2D eigenvalue weighted by Crippen LogP contribution is -2.43. The van der Waals surface area contributed by atoms with Crippen molar-refractivity contribution in [1.29, 1.82) is 0 Å². The zero-order valence-corrected chi connectivity index (χ0v) is 11.8. The predicted octanol–water partition coefficient (Wildman–Crippen LogP) is 2.72. The smallest absolute Gasteiger partial charge is 0.310 e. The molecule has 0 aromatic rings. The number of hydrogen-bond donors (Lipinski definition) is 2. The van der Waals surface area contributed by atoms with Crippen molar-refractivity contribution in [2.24, 2.45) is 11.3 Å². The second kappa shape index (κ2) is 5.93. The molecule has 0 radical (unpaired) electrons. The molecule has 0 aromatic carbocycles. The van der Waals surface area contributed by atoms with Crippen LogP contribution >= 0.6 is 0 Å². The molecule has 0 heterocycles. The van der Waals surface area contributed by atoms with Crippen molar-refractivity contribution in [3.8, 4) is 0 Å². The summed E-state index contributed by atoms with van der Waals surface area (Å²) in [5, 5.41) is 12.5. The number of amides is 1. The standard InChI is InChI=1S/C15H25NO3/c1-11-6-5-7-12(11)16-13(17)10-15(14(18)19)8-3-2-4-9-15/h11-12H,2-10H2,1H3,(H,16,17)(H,18,19). The van der Waals surface area contributed by atoms with Crippen LogP contribution in [0.15, 0.2) is 0 Å². The van der Waals surface area contributed by atoms with E-state index in [0.29, 0.717) is 18.8 Å². The van der Waals surface area contributed by atoms with E-state index in [0.717, 1.165) is 38.5 Å². The quantitative estimate of drug-likeness (QED) is 0.823. The Morgan fingerprint density at radius 1 is 1.16 bits per heavy atom. The SMILES string of the molecule is CC1CCCC1NC(=O)CC1(C(=O)O)CCCCC1. The van der Waals surface area contributed by atoms with E-state index in [1.807, 2.05) is 0 Å². The first-order chi connectivity index (χ1) is 9.03. The summed E-state index contributed by atoms with van der Waals surface area (Å²) in [6, 6.07) is 0.252. The summed E-state index contributed by atoms with van der Waals surface area (Å²) in [5.41, 5.74) is -0.801. The van der Waals surface area contributed by atoms with Crippen LogP contribution in [-0.2, 0) is 9.59 Å². The monoisotopic (exact) mass is 267 g/mol. The molecule has 108 valence electrons. The van der Waals surface area contributed by atoms with Crippen molar-refractivity contribution in [2.75, 3.05) is 0 Å².